The van der Waals surface area contributed by atoms with E-state index in [1.165, 1.54) is 16.7 Å². The summed E-state index contributed by atoms with van der Waals surface area (Å²) in [4.78, 5) is 30.9. The van der Waals surface area contributed by atoms with Crippen LogP contribution in [0.2, 0.25) is 10.0 Å². The number of ether oxygens (including phenoxy) is 1. The van der Waals surface area contributed by atoms with Crippen molar-refractivity contribution in [3.8, 4) is 5.75 Å². The molecule has 152 valence electrons. The summed E-state index contributed by atoms with van der Waals surface area (Å²) in [5.41, 5.74) is 1.19. The van der Waals surface area contributed by atoms with Gasteiger partial charge < -0.3 is 10.1 Å². The van der Waals surface area contributed by atoms with Gasteiger partial charge in [0.15, 0.2) is 5.17 Å². The highest BCUT2D eigenvalue weighted by atomic mass is 35.5. The molecule has 1 fully saturated rings. The molecule has 1 aliphatic rings. The van der Waals surface area contributed by atoms with Gasteiger partial charge in [-0.3, -0.25) is 14.5 Å². The summed E-state index contributed by atoms with van der Waals surface area (Å²) in [7, 11) is 1.65. The number of carbonyl (C=O) groups is 2. The van der Waals surface area contributed by atoms with Gasteiger partial charge in [0.2, 0.25) is 11.8 Å². The van der Waals surface area contributed by atoms with Gasteiger partial charge in [0.25, 0.3) is 0 Å². The van der Waals surface area contributed by atoms with Crippen LogP contribution in [0.25, 0.3) is 0 Å². The quantitative estimate of drug-likeness (QED) is 0.671. The number of anilines is 1. The van der Waals surface area contributed by atoms with Crippen molar-refractivity contribution >= 4 is 63.3 Å². The van der Waals surface area contributed by atoms with Crippen LogP contribution < -0.4 is 10.1 Å². The van der Waals surface area contributed by atoms with Gasteiger partial charge in [0.05, 0.1) is 12.3 Å². The van der Waals surface area contributed by atoms with Crippen LogP contribution >= 0.6 is 35.0 Å². The van der Waals surface area contributed by atoms with Crippen LogP contribution in [-0.2, 0) is 9.59 Å². The van der Waals surface area contributed by atoms with E-state index in [0.717, 1.165) is 5.75 Å². The molecule has 2 aromatic rings. The third-order valence-corrected chi connectivity index (χ3v) is 5.70. The SMILES string of the molecule is CCOc1ccc(N=C2S[C@H](CC(=O)Nc3cc(Cl)cc(Cl)c3)C(=O)N2C)cc1. The molecule has 1 heterocycles. The van der Waals surface area contributed by atoms with Gasteiger partial charge in [-0.1, -0.05) is 35.0 Å². The number of amidine groups is 1. The molecule has 3 rings (SSSR count). The monoisotopic (exact) mass is 451 g/mol. The minimum absolute atomic E-state index is 0.0142. The van der Waals surface area contributed by atoms with Crippen LogP contribution in [0.1, 0.15) is 13.3 Å². The van der Waals surface area contributed by atoms with E-state index in [1.54, 1.807) is 25.2 Å². The van der Waals surface area contributed by atoms with Crippen LogP contribution in [0, 0.1) is 0 Å². The lowest BCUT2D eigenvalue weighted by Crippen LogP contribution is -2.30. The van der Waals surface area contributed by atoms with Crippen LogP contribution in [0.5, 0.6) is 5.75 Å². The number of halogens is 2. The maximum absolute atomic E-state index is 12.5. The first-order valence-corrected chi connectivity index (χ1v) is 10.5. The Balaban J connectivity index is 1.65. The number of hydrogen-bond donors (Lipinski definition) is 1. The Labute approximate surface area is 183 Å². The third-order valence-electron chi connectivity index (χ3n) is 4.03. The molecule has 6 nitrogen and oxygen atoms in total. The topological polar surface area (TPSA) is 71.0 Å². The fraction of sp³-hybridized carbons (Fsp3) is 0.250. The Morgan fingerprint density at radius 3 is 2.48 bits per heavy atom. The standard InChI is InChI=1S/C20H19Cl2N3O3S/c1-3-28-16-6-4-14(5-7-16)24-20-25(2)19(27)17(29-20)11-18(26)23-15-9-12(21)8-13(22)10-15/h4-10,17H,3,11H2,1-2H3,(H,23,26)/t17-/m1/s1. The van der Waals surface area contributed by atoms with E-state index in [4.69, 9.17) is 27.9 Å². The van der Waals surface area contributed by atoms with E-state index in [9.17, 15) is 9.59 Å². The molecule has 2 amide bonds. The molecular weight excluding hydrogens is 433 g/mol. The number of thioether (sulfide) groups is 1. The van der Waals surface area contributed by atoms with Crippen molar-refractivity contribution < 1.29 is 14.3 Å². The van der Waals surface area contributed by atoms with Gasteiger partial charge in [-0.2, -0.15) is 0 Å². The second kappa shape index (κ2) is 9.52. The molecular formula is C20H19Cl2N3O3S. The molecule has 0 radical (unpaired) electrons. The summed E-state index contributed by atoms with van der Waals surface area (Å²) >= 11 is 13.2. The fourth-order valence-corrected chi connectivity index (χ4v) is 4.38. The van der Waals surface area contributed by atoms with E-state index in [-0.39, 0.29) is 18.2 Å². The number of carbonyl (C=O) groups excluding carboxylic acids is 2. The molecule has 9 heteroatoms. The van der Waals surface area contributed by atoms with E-state index in [1.807, 2.05) is 31.2 Å². The Hall–Kier alpha value is -2.22. The molecule has 1 atom stereocenters. The van der Waals surface area contributed by atoms with Gasteiger partial charge in [-0.15, -0.1) is 0 Å². The largest absolute Gasteiger partial charge is 0.494 e. The normalized spacial score (nSPS) is 17.7. The molecule has 0 aliphatic carbocycles. The summed E-state index contributed by atoms with van der Waals surface area (Å²) in [6, 6.07) is 12.1. The van der Waals surface area contributed by atoms with Crippen molar-refractivity contribution in [1.29, 1.82) is 0 Å². The molecule has 2 aromatic carbocycles. The number of benzene rings is 2. The first-order valence-electron chi connectivity index (χ1n) is 8.87. The van der Waals surface area contributed by atoms with Crippen LogP contribution in [-0.4, -0.2) is 40.8 Å². The first kappa shape index (κ1) is 21.5. The maximum Gasteiger partial charge on any atom is 0.242 e. The van der Waals surface area contributed by atoms with Gasteiger partial charge in [0, 0.05) is 29.2 Å². The summed E-state index contributed by atoms with van der Waals surface area (Å²) < 4.78 is 5.41. The minimum Gasteiger partial charge on any atom is -0.494 e. The number of rotatable bonds is 6. The first-order chi connectivity index (χ1) is 13.9. The lowest BCUT2D eigenvalue weighted by molar-refractivity contribution is -0.127. The number of nitrogens with zero attached hydrogens (tertiary/aromatic N) is 2. The van der Waals surface area contributed by atoms with Crippen molar-refractivity contribution in [1.82, 2.24) is 4.90 Å². The second-order valence-corrected chi connectivity index (χ2v) is 8.28. The summed E-state index contributed by atoms with van der Waals surface area (Å²) in [5.74, 6) is 0.291. The van der Waals surface area contributed by atoms with E-state index in [2.05, 4.69) is 10.3 Å². The predicted octanol–water partition coefficient (Wildman–Crippen LogP) is 4.98. The van der Waals surface area contributed by atoms with Crippen molar-refractivity contribution in [2.24, 2.45) is 4.99 Å². The van der Waals surface area contributed by atoms with Gasteiger partial charge in [-0.05, 0) is 49.4 Å². The molecule has 1 N–H and O–H groups in total. The summed E-state index contributed by atoms with van der Waals surface area (Å²) in [5, 5.41) is 3.56. The van der Waals surface area contributed by atoms with Crippen LogP contribution in [0.4, 0.5) is 11.4 Å². The number of nitrogens with one attached hydrogen (secondary N) is 1. The average molecular weight is 452 g/mol. The second-order valence-electron chi connectivity index (χ2n) is 6.24. The molecule has 0 spiro atoms. The van der Waals surface area contributed by atoms with Crippen molar-refractivity contribution in [2.75, 3.05) is 19.0 Å². The molecule has 1 saturated heterocycles. The maximum atomic E-state index is 12.5. The van der Waals surface area contributed by atoms with E-state index in [0.29, 0.717) is 33.2 Å². The zero-order valence-corrected chi connectivity index (χ0v) is 18.1. The zero-order valence-electron chi connectivity index (χ0n) is 15.8. The lowest BCUT2D eigenvalue weighted by atomic mass is 10.2. The van der Waals surface area contributed by atoms with E-state index < -0.39 is 5.25 Å². The van der Waals surface area contributed by atoms with E-state index >= 15 is 0 Å². The van der Waals surface area contributed by atoms with Crippen molar-refractivity contribution in [3.63, 3.8) is 0 Å². The highest BCUT2D eigenvalue weighted by molar-refractivity contribution is 8.15. The number of amides is 2. The Morgan fingerprint density at radius 1 is 1.21 bits per heavy atom. The van der Waals surface area contributed by atoms with Gasteiger partial charge in [0.1, 0.15) is 11.0 Å². The Kier molecular flexibility index (Phi) is 7.05. The molecule has 0 unspecified atom stereocenters. The van der Waals surface area contributed by atoms with Crippen LogP contribution in [0.15, 0.2) is 47.5 Å². The highest BCUT2D eigenvalue weighted by Crippen LogP contribution is 2.31. The Morgan fingerprint density at radius 2 is 1.86 bits per heavy atom. The average Bonchev–Trinajstić information content (AvgIpc) is 2.90. The molecule has 29 heavy (non-hydrogen) atoms. The molecule has 1 aliphatic heterocycles. The smallest absolute Gasteiger partial charge is 0.242 e. The fourth-order valence-electron chi connectivity index (χ4n) is 2.70. The van der Waals surface area contributed by atoms with Gasteiger partial charge >= 0.3 is 0 Å². The summed E-state index contributed by atoms with van der Waals surface area (Å²) in [6.45, 7) is 2.51. The summed E-state index contributed by atoms with van der Waals surface area (Å²) in [6.07, 6.45) is 0.0142. The predicted molar refractivity (Wildman–Crippen MR) is 119 cm³/mol. The van der Waals surface area contributed by atoms with Crippen molar-refractivity contribution in [3.05, 3.63) is 52.5 Å². The number of aliphatic imine (C=N–C) groups is 1. The molecule has 0 bridgehead atoms. The minimum atomic E-state index is -0.545. The lowest BCUT2D eigenvalue weighted by Gasteiger charge is -2.10. The third kappa shape index (κ3) is 5.65. The molecule has 0 saturated carbocycles. The van der Waals surface area contributed by atoms with Crippen molar-refractivity contribution in [2.45, 2.75) is 18.6 Å². The van der Waals surface area contributed by atoms with Crippen LogP contribution in [0.3, 0.4) is 0 Å². The Bertz CT molecular complexity index is 930. The number of hydrogen-bond acceptors (Lipinski definition) is 5. The van der Waals surface area contributed by atoms with Gasteiger partial charge in [-0.25, -0.2) is 4.99 Å². The molecule has 0 aromatic heterocycles. The zero-order chi connectivity index (χ0) is 21.0. The highest BCUT2D eigenvalue weighted by Gasteiger charge is 2.37.